The second-order valence-electron chi connectivity index (χ2n) is 6.26. The van der Waals surface area contributed by atoms with Gasteiger partial charge in [0.25, 0.3) is 11.7 Å². The van der Waals surface area contributed by atoms with E-state index in [1.54, 1.807) is 6.92 Å². The van der Waals surface area contributed by atoms with Gasteiger partial charge in [0.05, 0.1) is 18.2 Å². The fourth-order valence-electron chi connectivity index (χ4n) is 3.17. The molecule has 6 nitrogen and oxygen atoms in total. The van der Waals surface area contributed by atoms with E-state index in [-0.39, 0.29) is 23.3 Å². The summed E-state index contributed by atoms with van der Waals surface area (Å²) in [4.78, 5) is 38.2. The second kappa shape index (κ2) is 8.45. The van der Waals surface area contributed by atoms with Crippen LogP contribution in [-0.2, 0) is 19.1 Å². The summed E-state index contributed by atoms with van der Waals surface area (Å²) in [5, 5.41) is 11.2. The number of halogens is 2. The molecule has 1 N–H and O–H groups in total. The van der Waals surface area contributed by atoms with E-state index in [4.69, 9.17) is 16.3 Å². The van der Waals surface area contributed by atoms with Crippen LogP contribution in [0, 0.1) is 5.82 Å². The monoisotopic (exact) mass is 417 g/mol. The number of amides is 1. The second-order valence-corrected chi connectivity index (χ2v) is 6.70. The molecule has 1 heterocycles. The molecule has 2 aromatic carbocycles. The van der Waals surface area contributed by atoms with Crippen LogP contribution in [0.4, 0.5) is 4.39 Å². The number of carbonyl (C=O) groups is 3. The molecule has 0 saturated carbocycles. The standard InChI is InChI=1S/C21H17ClFNO5/c1-2-29-16(25)11-24-18(14-5-3-4-6-15(14)23)17(20(27)21(24)28)19(26)12-7-9-13(22)10-8-12/h3-10,18,26H,2,11H2,1H3. The highest BCUT2D eigenvalue weighted by Crippen LogP contribution is 2.40. The molecule has 1 aliphatic rings. The molecule has 8 heteroatoms. The summed E-state index contributed by atoms with van der Waals surface area (Å²) in [5.74, 6) is -3.96. The molecule has 150 valence electrons. The molecule has 0 bridgehead atoms. The number of esters is 1. The van der Waals surface area contributed by atoms with Crippen molar-refractivity contribution in [3.05, 3.63) is 76.1 Å². The maximum Gasteiger partial charge on any atom is 0.325 e. The zero-order valence-corrected chi connectivity index (χ0v) is 16.1. The molecule has 0 spiro atoms. The van der Waals surface area contributed by atoms with Crippen LogP contribution in [-0.4, -0.2) is 40.8 Å². The van der Waals surface area contributed by atoms with Crippen LogP contribution in [0.25, 0.3) is 5.76 Å². The highest BCUT2D eigenvalue weighted by molar-refractivity contribution is 6.47. The summed E-state index contributed by atoms with van der Waals surface area (Å²) in [5.41, 5.74) is -0.108. The van der Waals surface area contributed by atoms with E-state index in [0.717, 1.165) is 4.90 Å². The van der Waals surface area contributed by atoms with Gasteiger partial charge in [0.2, 0.25) is 0 Å². The maximum atomic E-state index is 14.6. The van der Waals surface area contributed by atoms with Gasteiger partial charge >= 0.3 is 5.97 Å². The van der Waals surface area contributed by atoms with Crippen LogP contribution in [0.1, 0.15) is 24.1 Å². The smallest absolute Gasteiger partial charge is 0.325 e. The van der Waals surface area contributed by atoms with Gasteiger partial charge in [-0.15, -0.1) is 0 Å². The summed E-state index contributed by atoms with van der Waals surface area (Å²) < 4.78 is 19.4. The van der Waals surface area contributed by atoms with E-state index in [1.807, 2.05) is 0 Å². The zero-order valence-electron chi connectivity index (χ0n) is 15.4. The number of carbonyl (C=O) groups excluding carboxylic acids is 3. The van der Waals surface area contributed by atoms with Gasteiger partial charge in [-0.25, -0.2) is 4.39 Å². The van der Waals surface area contributed by atoms with Gasteiger partial charge in [0.15, 0.2) is 0 Å². The summed E-state index contributed by atoms with van der Waals surface area (Å²) in [7, 11) is 0. The van der Waals surface area contributed by atoms with Crippen LogP contribution in [0.3, 0.4) is 0 Å². The number of hydrogen-bond donors (Lipinski definition) is 1. The number of ether oxygens (including phenoxy) is 1. The topological polar surface area (TPSA) is 83.9 Å². The van der Waals surface area contributed by atoms with Gasteiger partial charge in [0.1, 0.15) is 18.1 Å². The van der Waals surface area contributed by atoms with E-state index in [1.165, 1.54) is 48.5 Å². The van der Waals surface area contributed by atoms with Crippen molar-refractivity contribution in [1.29, 1.82) is 0 Å². The first kappa shape index (κ1) is 20.5. The molecular weight excluding hydrogens is 401 g/mol. The summed E-state index contributed by atoms with van der Waals surface area (Å²) in [6, 6.07) is 10.2. The van der Waals surface area contributed by atoms with Crippen molar-refractivity contribution in [3.63, 3.8) is 0 Å². The van der Waals surface area contributed by atoms with Gasteiger partial charge in [-0.1, -0.05) is 29.8 Å². The maximum absolute atomic E-state index is 14.6. The lowest BCUT2D eigenvalue weighted by Gasteiger charge is -2.24. The third-order valence-electron chi connectivity index (χ3n) is 4.46. The van der Waals surface area contributed by atoms with Crippen LogP contribution in [0.15, 0.2) is 54.1 Å². The number of aliphatic hydroxyl groups excluding tert-OH is 1. The largest absolute Gasteiger partial charge is 0.507 e. The Balaban J connectivity index is 2.17. The predicted octanol–water partition coefficient (Wildman–Crippen LogP) is 3.46. The van der Waals surface area contributed by atoms with E-state index >= 15 is 0 Å². The van der Waals surface area contributed by atoms with Crippen molar-refractivity contribution >= 4 is 35.0 Å². The van der Waals surface area contributed by atoms with Crippen LogP contribution >= 0.6 is 11.6 Å². The third kappa shape index (κ3) is 4.00. The Morgan fingerprint density at radius 3 is 2.45 bits per heavy atom. The molecule has 2 aromatic rings. The minimum absolute atomic E-state index is 0.0217. The minimum Gasteiger partial charge on any atom is -0.507 e. The number of nitrogens with zero attached hydrogens (tertiary/aromatic N) is 1. The Labute approximate surface area is 171 Å². The van der Waals surface area contributed by atoms with E-state index in [0.29, 0.717) is 5.02 Å². The lowest BCUT2D eigenvalue weighted by Crippen LogP contribution is -2.35. The lowest BCUT2D eigenvalue weighted by molar-refractivity contribution is -0.150. The van der Waals surface area contributed by atoms with Crippen molar-refractivity contribution in [2.45, 2.75) is 13.0 Å². The van der Waals surface area contributed by atoms with Gasteiger partial charge in [-0.2, -0.15) is 0 Å². The molecule has 29 heavy (non-hydrogen) atoms. The SMILES string of the molecule is CCOC(=O)CN1C(=O)C(=O)C(=C(O)c2ccc(Cl)cc2)C1c1ccccc1F. The number of Topliss-reactive ketones (excluding diaryl/α,β-unsaturated/α-hetero) is 1. The highest BCUT2D eigenvalue weighted by Gasteiger charge is 2.47. The average Bonchev–Trinajstić information content (AvgIpc) is 2.93. The summed E-state index contributed by atoms with van der Waals surface area (Å²) >= 11 is 5.86. The number of hydrogen-bond acceptors (Lipinski definition) is 5. The van der Waals surface area contributed by atoms with Crippen molar-refractivity contribution in [2.75, 3.05) is 13.2 Å². The number of benzene rings is 2. The van der Waals surface area contributed by atoms with Crippen LogP contribution in [0.5, 0.6) is 0 Å². The zero-order chi connectivity index (χ0) is 21.1. The van der Waals surface area contributed by atoms with Crippen molar-refractivity contribution in [2.24, 2.45) is 0 Å². The Kier molecular flexibility index (Phi) is 5.98. The predicted molar refractivity (Wildman–Crippen MR) is 103 cm³/mol. The van der Waals surface area contributed by atoms with E-state index < -0.39 is 41.8 Å². The number of aliphatic hydroxyl groups is 1. The van der Waals surface area contributed by atoms with Gasteiger partial charge in [-0.05, 0) is 37.3 Å². The summed E-state index contributed by atoms with van der Waals surface area (Å²) in [6.45, 7) is 1.12. The molecule has 3 rings (SSSR count). The quantitative estimate of drug-likeness (QED) is 0.348. The van der Waals surface area contributed by atoms with Crippen LogP contribution in [0.2, 0.25) is 5.02 Å². The molecule has 1 aliphatic heterocycles. The first-order valence-electron chi connectivity index (χ1n) is 8.79. The van der Waals surface area contributed by atoms with Crippen molar-refractivity contribution in [3.8, 4) is 0 Å². The van der Waals surface area contributed by atoms with Gasteiger partial charge in [0, 0.05) is 16.1 Å². The fourth-order valence-corrected chi connectivity index (χ4v) is 3.30. The van der Waals surface area contributed by atoms with E-state index in [9.17, 15) is 23.9 Å². The van der Waals surface area contributed by atoms with Crippen molar-refractivity contribution in [1.82, 2.24) is 4.90 Å². The summed E-state index contributed by atoms with van der Waals surface area (Å²) in [6.07, 6.45) is 0. The number of ketones is 1. The Hall–Kier alpha value is -3.19. The minimum atomic E-state index is -1.28. The Morgan fingerprint density at radius 2 is 1.83 bits per heavy atom. The molecule has 1 fully saturated rings. The normalized spacial score (nSPS) is 18.2. The third-order valence-corrected chi connectivity index (χ3v) is 4.71. The molecular formula is C21H17ClFNO5. The molecule has 0 aromatic heterocycles. The molecule has 0 aliphatic carbocycles. The average molecular weight is 418 g/mol. The molecule has 1 saturated heterocycles. The van der Waals surface area contributed by atoms with Crippen LogP contribution < -0.4 is 0 Å². The number of likely N-dealkylation sites (tertiary alicyclic amines) is 1. The lowest BCUT2D eigenvalue weighted by atomic mass is 9.95. The molecule has 1 amide bonds. The molecule has 1 atom stereocenters. The van der Waals surface area contributed by atoms with Crippen molar-refractivity contribution < 1.29 is 28.6 Å². The number of rotatable bonds is 5. The Morgan fingerprint density at radius 1 is 1.17 bits per heavy atom. The van der Waals surface area contributed by atoms with E-state index in [2.05, 4.69) is 0 Å². The fraction of sp³-hybridized carbons (Fsp3) is 0.190. The molecule has 0 radical (unpaired) electrons. The Bertz CT molecular complexity index is 1000. The van der Waals surface area contributed by atoms with Gasteiger partial charge < -0.3 is 14.7 Å². The first-order chi connectivity index (χ1) is 13.8. The molecule has 1 unspecified atom stereocenters. The first-order valence-corrected chi connectivity index (χ1v) is 9.17. The van der Waals surface area contributed by atoms with Gasteiger partial charge in [-0.3, -0.25) is 14.4 Å². The highest BCUT2D eigenvalue weighted by atomic mass is 35.5.